The molecule has 2 atom stereocenters. The summed E-state index contributed by atoms with van der Waals surface area (Å²) in [6.45, 7) is 2.95. The van der Waals surface area contributed by atoms with Crippen molar-refractivity contribution in [2.45, 2.75) is 19.1 Å². The Hall–Kier alpha value is 0.200. The zero-order chi connectivity index (χ0) is 8.97. The third-order valence-electron chi connectivity index (χ3n) is 2.13. The summed E-state index contributed by atoms with van der Waals surface area (Å²) in [7, 11) is 0. The van der Waals surface area contributed by atoms with Crippen LogP contribution < -0.4 is 0 Å². The van der Waals surface area contributed by atoms with Crippen molar-refractivity contribution in [2.75, 3.05) is 31.3 Å². The molecule has 0 bridgehead atoms. The number of hydrogen-bond donors (Lipinski definition) is 1. The molecule has 0 amide bonds. The number of rotatable bonds is 3. The van der Waals surface area contributed by atoms with Gasteiger partial charge in [0.25, 0.3) is 0 Å². The van der Waals surface area contributed by atoms with Gasteiger partial charge >= 0.3 is 0 Å². The smallest absolute Gasteiger partial charge is 0.117 e. The second-order valence-electron chi connectivity index (χ2n) is 3.23. The number of hydrogen-bond acceptors (Lipinski definition) is 3. The van der Waals surface area contributed by atoms with E-state index in [-0.39, 0.29) is 0 Å². The minimum atomic E-state index is -0.796. The first-order valence-electron chi connectivity index (χ1n) is 4.30. The molecule has 0 aromatic heterocycles. The van der Waals surface area contributed by atoms with Crippen molar-refractivity contribution in [3.63, 3.8) is 0 Å². The second-order valence-corrected chi connectivity index (χ2v) is 4.38. The van der Waals surface area contributed by atoms with Crippen molar-refractivity contribution in [3.8, 4) is 0 Å². The van der Waals surface area contributed by atoms with Gasteiger partial charge in [0.1, 0.15) is 6.67 Å². The molecule has 1 N–H and O–H groups in total. The third-order valence-corrected chi connectivity index (χ3v) is 3.32. The number of thioether (sulfide) groups is 1. The van der Waals surface area contributed by atoms with Crippen LogP contribution in [0.3, 0.4) is 0 Å². The van der Waals surface area contributed by atoms with Crippen molar-refractivity contribution in [2.24, 2.45) is 0 Å². The maximum absolute atomic E-state index is 12.0. The summed E-state index contributed by atoms with van der Waals surface area (Å²) in [4.78, 5) is 2.15. The predicted molar refractivity (Wildman–Crippen MR) is 50.3 cm³/mol. The Morgan fingerprint density at radius 3 is 3.08 bits per heavy atom. The molecule has 1 saturated heterocycles. The quantitative estimate of drug-likeness (QED) is 0.715. The summed E-state index contributed by atoms with van der Waals surface area (Å²) in [5.41, 5.74) is 0. The fourth-order valence-electron chi connectivity index (χ4n) is 1.35. The highest BCUT2D eigenvalue weighted by atomic mass is 32.2. The van der Waals surface area contributed by atoms with E-state index in [1.807, 2.05) is 11.8 Å². The van der Waals surface area contributed by atoms with Crippen LogP contribution in [0.4, 0.5) is 4.39 Å². The first-order valence-corrected chi connectivity index (χ1v) is 5.45. The maximum Gasteiger partial charge on any atom is 0.117 e. The largest absolute Gasteiger partial charge is 0.389 e. The molecule has 4 heteroatoms. The van der Waals surface area contributed by atoms with Crippen LogP contribution in [-0.2, 0) is 0 Å². The number of nitrogens with zero attached hydrogens (tertiary/aromatic N) is 1. The van der Waals surface area contributed by atoms with E-state index in [4.69, 9.17) is 5.11 Å². The van der Waals surface area contributed by atoms with Gasteiger partial charge in [0.2, 0.25) is 0 Å². The van der Waals surface area contributed by atoms with Crippen molar-refractivity contribution >= 4 is 11.8 Å². The van der Waals surface area contributed by atoms with Gasteiger partial charge in [0.05, 0.1) is 6.10 Å². The fraction of sp³-hybridized carbons (Fsp3) is 1.00. The summed E-state index contributed by atoms with van der Waals surface area (Å²) >= 11 is 1.92. The third kappa shape index (κ3) is 2.92. The molecule has 0 radical (unpaired) electrons. The van der Waals surface area contributed by atoms with Crippen molar-refractivity contribution in [1.82, 2.24) is 4.90 Å². The molecule has 0 saturated carbocycles. The Kier molecular flexibility index (Phi) is 4.32. The van der Waals surface area contributed by atoms with Gasteiger partial charge in [0, 0.05) is 30.6 Å². The zero-order valence-corrected chi connectivity index (χ0v) is 8.19. The van der Waals surface area contributed by atoms with Gasteiger partial charge in [-0.1, -0.05) is 0 Å². The Labute approximate surface area is 77.1 Å². The molecule has 1 aliphatic heterocycles. The van der Waals surface area contributed by atoms with E-state index in [2.05, 4.69) is 11.8 Å². The molecule has 72 valence electrons. The summed E-state index contributed by atoms with van der Waals surface area (Å²) < 4.78 is 12.0. The van der Waals surface area contributed by atoms with E-state index in [0.717, 1.165) is 18.1 Å². The highest BCUT2D eigenvalue weighted by molar-refractivity contribution is 7.99. The Morgan fingerprint density at radius 2 is 2.50 bits per heavy atom. The van der Waals surface area contributed by atoms with Gasteiger partial charge < -0.3 is 5.11 Å². The molecular weight excluding hydrogens is 177 g/mol. The average molecular weight is 193 g/mol. The van der Waals surface area contributed by atoms with Gasteiger partial charge in [-0.3, -0.25) is 4.90 Å². The van der Waals surface area contributed by atoms with Crippen LogP contribution in [0.2, 0.25) is 0 Å². The Balaban J connectivity index is 2.28. The van der Waals surface area contributed by atoms with Gasteiger partial charge in [-0.2, -0.15) is 11.8 Å². The molecule has 1 heterocycles. The van der Waals surface area contributed by atoms with Crippen LogP contribution in [0.15, 0.2) is 0 Å². The Morgan fingerprint density at radius 1 is 1.75 bits per heavy atom. The lowest BCUT2D eigenvalue weighted by Gasteiger charge is -2.33. The SMILES string of the molecule is CC1CSCCN1CC(O)CF. The van der Waals surface area contributed by atoms with E-state index in [1.165, 1.54) is 0 Å². The van der Waals surface area contributed by atoms with Crippen LogP contribution in [0.5, 0.6) is 0 Å². The first kappa shape index (κ1) is 10.3. The van der Waals surface area contributed by atoms with E-state index in [9.17, 15) is 4.39 Å². The second kappa shape index (κ2) is 5.04. The molecule has 0 aromatic carbocycles. The van der Waals surface area contributed by atoms with Gasteiger partial charge in [-0.25, -0.2) is 4.39 Å². The number of halogens is 1. The highest BCUT2D eigenvalue weighted by Crippen LogP contribution is 2.15. The van der Waals surface area contributed by atoms with E-state index >= 15 is 0 Å². The lowest BCUT2D eigenvalue weighted by Crippen LogP contribution is -2.44. The lowest BCUT2D eigenvalue weighted by atomic mass is 10.2. The van der Waals surface area contributed by atoms with E-state index in [0.29, 0.717) is 12.6 Å². The zero-order valence-electron chi connectivity index (χ0n) is 7.37. The lowest BCUT2D eigenvalue weighted by molar-refractivity contribution is 0.0788. The molecule has 0 aliphatic carbocycles. The fourth-order valence-corrected chi connectivity index (χ4v) is 2.43. The Bertz CT molecular complexity index is 136. The van der Waals surface area contributed by atoms with Crippen LogP contribution in [0.25, 0.3) is 0 Å². The highest BCUT2D eigenvalue weighted by Gasteiger charge is 2.20. The van der Waals surface area contributed by atoms with Crippen molar-refractivity contribution < 1.29 is 9.50 Å². The molecule has 2 nitrogen and oxygen atoms in total. The number of β-amino-alcohol motifs (C(OH)–C–C–N with tert-alkyl or cyclic N) is 1. The molecule has 12 heavy (non-hydrogen) atoms. The summed E-state index contributed by atoms with van der Waals surface area (Å²) in [6.07, 6.45) is -0.796. The van der Waals surface area contributed by atoms with Crippen LogP contribution in [0, 0.1) is 0 Å². The number of aliphatic hydroxyl groups excluding tert-OH is 1. The van der Waals surface area contributed by atoms with Gasteiger partial charge in [0.15, 0.2) is 0 Å². The summed E-state index contributed by atoms with van der Waals surface area (Å²) in [5, 5.41) is 9.10. The molecule has 0 spiro atoms. The predicted octanol–water partition coefficient (Wildman–Crippen LogP) is 0.754. The van der Waals surface area contributed by atoms with E-state index < -0.39 is 12.8 Å². The summed E-state index contributed by atoms with van der Waals surface area (Å²) in [6, 6.07) is 0.477. The van der Waals surface area contributed by atoms with Crippen LogP contribution in [-0.4, -0.2) is 53.4 Å². The van der Waals surface area contributed by atoms with Crippen molar-refractivity contribution in [1.29, 1.82) is 0 Å². The number of aliphatic hydroxyl groups is 1. The minimum Gasteiger partial charge on any atom is -0.389 e. The molecular formula is C8H16FNOS. The molecule has 2 unspecified atom stereocenters. The molecule has 1 rings (SSSR count). The van der Waals surface area contributed by atoms with Crippen LogP contribution in [0.1, 0.15) is 6.92 Å². The topological polar surface area (TPSA) is 23.5 Å². The van der Waals surface area contributed by atoms with Gasteiger partial charge in [-0.05, 0) is 6.92 Å². The summed E-state index contributed by atoms with van der Waals surface area (Å²) in [5.74, 6) is 2.20. The maximum atomic E-state index is 12.0. The normalized spacial score (nSPS) is 28.8. The first-order chi connectivity index (χ1) is 5.74. The van der Waals surface area contributed by atoms with E-state index in [1.54, 1.807) is 0 Å². The standard InChI is InChI=1S/C8H16FNOS/c1-7-6-12-3-2-10(7)5-8(11)4-9/h7-8,11H,2-6H2,1H3. The monoisotopic (exact) mass is 193 g/mol. The van der Waals surface area contributed by atoms with Crippen molar-refractivity contribution in [3.05, 3.63) is 0 Å². The number of alkyl halides is 1. The minimum absolute atomic E-state index is 0.477. The molecule has 1 aliphatic rings. The average Bonchev–Trinajstić information content (AvgIpc) is 2.09. The van der Waals surface area contributed by atoms with Gasteiger partial charge in [-0.15, -0.1) is 0 Å². The molecule has 1 fully saturated rings. The molecule has 0 aromatic rings. The van der Waals surface area contributed by atoms with Crippen LogP contribution >= 0.6 is 11.8 Å².